The topological polar surface area (TPSA) is 34.6 Å². The fourth-order valence-corrected chi connectivity index (χ4v) is 3.92. The maximum absolute atomic E-state index is 6.21. The molecule has 4 nitrogen and oxygen atoms in total. The maximum atomic E-state index is 6.21. The highest BCUT2D eigenvalue weighted by Gasteiger charge is 2.43. The van der Waals surface area contributed by atoms with Gasteiger partial charge in [-0.05, 0) is 30.0 Å². The van der Waals surface area contributed by atoms with Crippen LogP contribution >= 0.6 is 0 Å². The van der Waals surface area contributed by atoms with Gasteiger partial charge in [-0.1, -0.05) is 36.4 Å². The number of pyridine rings is 1. The predicted molar refractivity (Wildman–Crippen MR) is 97.1 cm³/mol. The summed E-state index contributed by atoms with van der Waals surface area (Å²) >= 11 is 0. The van der Waals surface area contributed by atoms with Crippen LogP contribution in [0.4, 0.5) is 0 Å². The Labute approximate surface area is 149 Å². The van der Waals surface area contributed by atoms with E-state index in [1.165, 1.54) is 5.56 Å². The van der Waals surface area contributed by atoms with Crippen molar-refractivity contribution in [1.82, 2.24) is 9.88 Å². The molecule has 0 aliphatic carbocycles. The Morgan fingerprint density at radius 2 is 1.88 bits per heavy atom. The summed E-state index contributed by atoms with van der Waals surface area (Å²) in [4.78, 5) is 6.67. The number of rotatable bonds is 5. The number of likely N-dealkylation sites (tertiary alicyclic amines) is 1. The van der Waals surface area contributed by atoms with Crippen LogP contribution in [0.5, 0.6) is 0 Å². The Balaban J connectivity index is 1.24. The third-order valence-electron chi connectivity index (χ3n) is 5.40. The van der Waals surface area contributed by atoms with Gasteiger partial charge in [-0.3, -0.25) is 9.88 Å². The van der Waals surface area contributed by atoms with E-state index >= 15 is 0 Å². The zero-order valence-corrected chi connectivity index (χ0v) is 14.6. The number of hydrogen-bond donors (Lipinski definition) is 0. The summed E-state index contributed by atoms with van der Waals surface area (Å²) in [5.74, 6) is 0. The van der Waals surface area contributed by atoms with E-state index in [-0.39, 0.29) is 11.7 Å². The first-order valence-corrected chi connectivity index (χ1v) is 9.22. The number of nitrogens with zero attached hydrogens (tertiary/aromatic N) is 2. The van der Waals surface area contributed by atoms with Crippen molar-refractivity contribution in [3.8, 4) is 0 Å². The summed E-state index contributed by atoms with van der Waals surface area (Å²) in [7, 11) is 0. The molecule has 1 aromatic carbocycles. The second-order valence-corrected chi connectivity index (χ2v) is 7.25. The van der Waals surface area contributed by atoms with Gasteiger partial charge in [0.15, 0.2) is 0 Å². The van der Waals surface area contributed by atoms with Crippen molar-refractivity contribution in [2.24, 2.45) is 0 Å². The molecule has 0 unspecified atom stereocenters. The first kappa shape index (κ1) is 16.7. The van der Waals surface area contributed by atoms with Crippen molar-refractivity contribution in [3.05, 3.63) is 66.0 Å². The summed E-state index contributed by atoms with van der Waals surface area (Å²) < 4.78 is 12.3. The minimum Gasteiger partial charge on any atom is -0.372 e. The molecule has 0 bridgehead atoms. The van der Waals surface area contributed by atoms with Crippen LogP contribution in [-0.4, -0.2) is 41.3 Å². The second kappa shape index (κ2) is 7.65. The van der Waals surface area contributed by atoms with Crippen LogP contribution in [-0.2, 0) is 22.6 Å². The van der Waals surface area contributed by atoms with Gasteiger partial charge in [-0.15, -0.1) is 0 Å². The summed E-state index contributed by atoms with van der Waals surface area (Å²) in [6.45, 7) is 4.59. The van der Waals surface area contributed by atoms with Crippen LogP contribution in [0.1, 0.15) is 30.4 Å². The highest BCUT2D eigenvalue weighted by molar-refractivity contribution is 5.14. The molecule has 2 aliphatic rings. The van der Waals surface area contributed by atoms with Gasteiger partial charge in [-0.25, -0.2) is 0 Å². The number of piperidine rings is 1. The van der Waals surface area contributed by atoms with Crippen LogP contribution in [0, 0.1) is 0 Å². The van der Waals surface area contributed by atoms with E-state index in [0.29, 0.717) is 6.61 Å². The van der Waals surface area contributed by atoms with Crippen molar-refractivity contribution < 1.29 is 9.47 Å². The van der Waals surface area contributed by atoms with Crippen molar-refractivity contribution in [1.29, 1.82) is 0 Å². The Bertz CT molecular complexity index is 654. The molecule has 4 heteroatoms. The number of benzene rings is 1. The molecule has 0 radical (unpaired) electrons. The van der Waals surface area contributed by atoms with Crippen LogP contribution < -0.4 is 0 Å². The Morgan fingerprint density at radius 3 is 2.64 bits per heavy atom. The van der Waals surface area contributed by atoms with Gasteiger partial charge in [-0.2, -0.15) is 0 Å². The van der Waals surface area contributed by atoms with Crippen molar-refractivity contribution in [2.75, 3.05) is 19.7 Å². The van der Waals surface area contributed by atoms with E-state index in [9.17, 15) is 0 Å². The smallest absolute Gasteiger partial charge is 0.0840 e. The van der Waals surface area contributed by atoms with E-state index < -0.39 is 0 Å². The third kappa shape index (κ3) is 4.27. The van der Waals surface area contributed by atoms with Gasteiger partial charge < -0.3 is 9.47 Å². The summed E-state index contributed by atoms with van der Waals surface area (Å²) in [6, 6.07) is 14.7. The van der Waals surface area contributed by atoms with E-state index in [1.54, 1.807) is 6.20 Å². The standard InChI is InChI=1S/C21H26N2O2/c1-2-5-18(6-3-1)15-23-11-8-21(9-12-23)13-20(17-25-21)24-16-19-7-4-10-22-14-19/h1-7,10,14,20H,8-9,11-13,15-17H2/t20-/m0/s1. The largest absolute Gasteiger partial charge is 0.372 e. The Hall–Kier alpha value is -1.75. The van der Waals surface area contributed by atoms with Crippen LogP contribution in [0.3, 0.4) is 0 Å². The number of aromatic nitrogens is 1. The molecule has 0 N–H and O–H groups in total. The molecule has 4 rings (SSSR count). The molecule has 132 valence electrons. The molecule has 0 saturated carbocycles. The molecule has 2 fully saturated rings. The normalized spacial score (nSPS) is 23.1. The minimum absolute atomic E-state index is 0.0345. The third-order valence-corrected chi connectivity index (χ3v) is 5.40. The fourth-order valence-electron chi connectivity index (χ4n) is 3.92. The first-order chi connectivity index (χ1) is 12.3. The minimum atomic E-state index is 0.0345. The number of hydrogen-bond acceptors (Lipinski definition) is 4. The highest BCUT2D eigenvalue weighted by Crippen LogP contribution is 2.37. The monoisotopic (exact) mass is 338 g/mol. The molecular weight excluding hydrogens is 312 g/mol. The molecule has 25 heavy (non-hydrogen) atoms. The average molecular weight is 338 g/mol. The molecule has 2 aromatic rings. The van der Waals surface area contributed by atoms with E-state index in [0.717, 1.165) is 51.1 Å². The van der Waals surface area contributed by atoms with Crippen molar-refractivity contribution >= 4 is 0 Å². The lowest BCUT2D eigenvalue weighted by atomic mass is 9.88. The van der Waals surface area contributed by atoms with Gasteiger partial charge >= 0.3 is 0 Å². The zero-order chi connectivity index (χ0) is 17.0. The molecular formula is C21H26N2O2. The van der Waals surface area contributed by atoms with Crippen LogP contribution in [0.15, 0.2) is 54.9 Å². The lowest BCUT2D eigenvalue weighted by Crippen LogP contribution is -2.43. The number of ether oxygens (including phenoxy) is 2. The SMILES string of the molecule is c1ccc(CN2CCC3(CC2)C[C@H](OCc2cccnc2)CO3)cc1. The molecule has 0 amide bonds. The molecule has 1 atom stereocenters. The van der Waals surface area contributed by atoms with Gasteiger partial charge in [0.05, 0.1) is 24.9 Å². The van der Waals surface area contributed by atoms with Gasteiger partial charge in [0.2, 0.25) is 0 Å². The fraction of sp³-hybridized carbons (Fsp3) is 0.476. The molecule has 2 saturated heterocycles. The lowest BCUT2D eigenvalue weighted by Gasteiger charge is -2.38. The quantitative estimate of drug-likeness (QED) is 0.837. The highest BCUT2D eigenvalue weighted by atomic mass is 16.6. The van der Waals surface area contributed by atoms with E-state index in [1.807, 2.05) is 12.3 Å². The lowest BCUT2D eigenvalue weighted by molar-refractivity contribution is -0.0468. The van der Waals surface area contributed by atoms with Crippen molar-refractivity contribution in [3.63, 3.8) is 0 Å². The second-order valence-electron chi connectivity index (χ2n) is 7.25. The van der Waals surface area contributed by atoms with Crippen molar-refractivity contribution in [2.45, 2.75) is 44.1 Å². The Kier molecular flexibility index (Phi) is 5.11. The van der Waals surface area contributed by atoms with Crippen LogP contribution in [0.25, 0.3) is 0 Å². The van der Waals surface area contributed by atoms with Crippen LogP contribution in [0.2, 0.25) is 0 Å². The first-order valence-electron chi connectivity index (χ1n) is 9.22. The maximum Gasteiger partial charge on any atom is 0.0840 e. The summed E-state index contributed by atoms with van der Waals surface area (Å²) in [5.41, 5.74) is 2.55. The molecule has 2 aliphatic heterocycles. The molecule has 1 aromatic heterocycles. The van der Waals surface area contributed by atoms with Gasteiger partial charge in [0, 0.05) is 38.4 Å². The average Bonchev–Trinajstić information content (AvgIpc) is 3.07. The summed E-state index contributed by atoms with van der Waals surface area (Å²) in [5, 5.41) is 0. The van der Waals surface area contributed by atoms with Gasteiger partial charge in [0.1, 0.15) is 0 Å². The van der Waals surface area contributed by atoms with Gasteiger partial charge in [0.25, 0.3) is 0 Å². The Morgan fingerprint density at radius 1 is 1.08 bits per heavy atom. The van der Waals surface area contributed by atoms with E-state index in [2.05, 4.69) is 46.3 Å². The van der Waals surface area contributed by atoms with E-state index in [4.69, 9.17) is 9.47 Å². The summed E-state index contributed by atoms with van der Waals surface area (Å²) in [6.07, 6.45) is 7.10. The predicted octanol–water partition coefficient (Wildman–Crippen LogP) is 3.42. The molecule has 3 heterocycles. The zero-order valence-electron chi connectivity index (χ0n) is 14.6. The molecule has 1 spiro atoms.